The molecule has 0 aromatic carbocycles. The van der Waals surface area contributed by atoms with Crippen molar-refractivity contribution in [2.24, 2.45) is 0 Å². The van der Waals surface area contributed by atoms with Crippen molar-refractivity contribution in [2.45, 2.75) is 19.3 Å². The molecule has 0 radical (unpaired) electrons. The molecule has 6 heteroatoms. The molecule has 2 rings (SSSR count). The summed E-state index contributed by atoms with van der Waals surface area (Å²) in [4.78, 5) is 8.73. The van der Waals surface area contributed by atoms with Gasteiger partial charge in [0.2, 0.25) is 0 Å². The number of halogens is 1. The van der Waals surface area contributed by atoms with Crippen LogP contribution in [0.3, 0.4) is 0 Å². The summed E-state index contributed by atoms with van der Waals surface area (Å²) in [6.07, 6.45) is 11.5. The van der Waals surface area contributed by atoms with Crippen LogP contribution in [0.4, 0.5) is 5.82 Å². The first-order valence-corrected chi connectivity index (χ1v) is 8.22. The van der Waals surface area contributed by atoms with E-state index < -0.39 is 0 Å². The minimum atomic E-state index is 0.817. The third-order valence-electron chi connectivity index (χ3n) is 2.66. The number of hydrogen-bond acceptors (Lipinski definition) is 4. The Kier molecular flexibility index (Phi) is 5.31. The summed E-state index contributed by atoms with van der Waals surface area (Å²) in [5.41, 5.74) is 0.877. The van der Waals surface area contributed by atoms with Gasteiger partial charge in [0.05, 0.1) is 0 Å². The Morgan fingerprint density at radius 3 is 3.11 bits per heavy atom. The lowest BCUT2D eigenvalue weighted by Gasteiger charge is -2.07. The average molecular weight is 329 g/mol. The summed E-state index contributed by atoms with van der Waals surface area (Å²) in [7, 11) is 0. The predicted octanol–water partition coefficient (Wildman–Crippen LogP) is 3.44. The zero-order chi connectivity index (χ0) is 12.8. The molecule has 0 atom stereocenters. The van der Waals surface area contributed by atoms with Crippen LogP contribution >= 0.6 is 27.7 Å². The van der Waals surface area contributed by atoms with Gasteiger partial charge < -0.3 is 9.72 Å². The van der Waals surface area contributed by atoms with Crippen LogP contribution in [0.25, 0.3) is 5.65 Å². The molecule has 0 spiro atoms. The number of hydrogen-bond donors (Lipinski definition) is 1. The minimum Gasteiger partial charge on any atom is -0.367 e. The molecule has 0 saturated heterocycles. The number of unbranched alkanes of at least 4 members (excludes halogenated alkanes) is 2. The number of rotatable bonds is 7. The molecule has 18 heavy (non-hydrogen) atoms. The van der Waals surface area contributed by atoms with Gasteiger partial charge in [-0.1, -0.05) is 6.42 Å². The maximum Gasteiger partial charge on any atom is 0.180 e. The first-order valence-electron chi connectivity index (χ1n) is 6.03. The zero-order valence-corrected chi connectivity index (χ0v) is 12.8. The maximum atomic E-state index is 4.43. The van der Waals surface area contributed by atoms with E-state index in [1.165, 1.54) is 25.0 Å². The highest BCUT2D eigenvalue weighted by atomic mass is 79.9. The summed E-state index contributed by atoms with van der Waals surface area (Å²) in [5, 5.41) is 3.36. The second kappa shape index (κ2) is 6.99. The Hall–Kier alpha value is -0.750. The molecule has 0 aliphatic rings. The fourth-order valence-corrected chi connectivity index (χ4v) is 2.67. The van der Waals surface area contributed by atoms with Crippen molar-refractivity contribution in [3.05, 3.63) is 23.2 Å². The van der Waals surface area contributed by atoms with Gasteiger partial charge in [-0.15, -0.1) is 0 Å². The Labute approximate surface area is 120 Å². The highest BCUT2D eigenvalue weighted by molar-refractivity contribution is 9.10. The van der Waals surface area contributed by atoms with Crippen molar-refractivity contribution in [2.75, 3.05) is 23.9 Å². The summed E-state index contributed by atoms with van der Waals surface area (Å²) < 4.78 is 2.78. The van der Waals surface area contributed by atoms with E-state index in [1.807, 2.05) is 28.6 Å². The predicted molar refractivity (Wildman–Crippen MR) is 81.4 cm³/mol. The van der Waals surface area contributed by atoms with Gasteiger partial charge in [0.15, 0.2) is 11.5 Å². The second-order valence-electron chi connectivity index (χ2n) is 4.05. The number of imidazole rings is 1. The fraction of sp³-hybridized carbons (Fsp3) is 0.500. The highest BCUT2D eigenvalue weighted by Gasteiger charge is 2.05. The van der Waals surface area contributed by atoms with E-state index in [2.05, 4.69) is 37.5 Å². The number of aromatic nitrogens is 3. The summed E-state index contributed by atoms with van der Waals surface area (Å²) >= 11 is 5.32. The van der Waals surface area contributed by atoms with E-state index in [-0.39, 0.29) is 0 Å². The van der Waals surface area contributed by atoms with E-state index in [0.717, 1.165) is 22.6 Å². The van der Waals surface area contributed by atoms with Crippen LogP contribution < -0.4 is 5.32 Å². The Bertz CT molecular complexity index is 500. The van der Waals surface area contributed by atoms with Crippen LogP contribution in [0.5, 0.6) is 0 Å². The van der Waals surface area contributed by atoms with Gasteiger partial charge in [0.1, 0.15) is 4.60 Å². The third-order valence-corrected chi connectivity index (χ3v) is 3.74. The standard InChI is InChI=1S/C12H17BrN4S/c1-18-8-4-2-3-5-14-11-12-15-6-7-17(12)9-10(13)16-11/h6-7,9H,2-5,8H2,1H3,(H,14,16). The summed E-state index contributed by atoms with van der Waals surface area (Å²) in [5.74, 6) is 2.10. The normalized spacial score (nSPS) is 11.0. The molecule has 2 aromatic rings. The van der Waals surface area contributed by atoms with Gasteiger partial charge in [-0.2, -0.15) is 11.8 Å². The SMILES string of the molecule is CSCCCCCNc1nc(Br)cn2ccnc12. The molecule has 0 unspecified atom stereocenters. The average Bonchev–Trinajstić information content (AvgIpc) is 2.81. The minimum absolute atomic E-state index is 0.817. The van der Waals surface area contributed by atoms with Crippen molar-refractivity contribution in [3.8, 4) is 0 Å². The summed E-state index contributed by atoms with van der Waals surface area (Å²) in [6.45, 7) is 0.945. The van der Waals surface area contributed by atoms with Crippen LogP contribution in [0, 0.1) is 0 Å². The lowest BCUT2D eigenvalue weighted by Crippen LogP contribution is -2.06. The number of nitrogens with one attached hydrogen (secondary N) is 1. The van der Waals surface area contributed by atoms with Crippen LogP contribution in [-0.2, 0) is 0 Å². The molecule has 2 heterocycles. The first kappa shape index (κ1) is 13.7. The van der Waals surface area contributed by atoms with Crippen LogP contribution in [0.2, 0.25) is 0 Å². The third kappa shape index (κ3) is 3.62. The van der Waals surface area contributed by atoms with Gasteiger partial charge in [-0.3, -0.25) is 0 Å². The molecular weight excluding hydrogens is 312 g/mol. The van der Waals surface area contributed by atoms with Crippen LogP contribution in [-0.4, -0.2) is 32.9 Å². The van der Waals surface area contributed by atoms with Crippen molar-refractivity contribution < 1.29 is 0 Å². The monoisotopic (exact) mass is 328 g/mol. The molecule has 98 valence electrons. The van der Waals surface area contributed by atoms with E-state index in [1.54, 1.807) is 6.20 Å². The zero-order valence-electron chi connectivity index (χ0n) is 10.4. The summed E-state index contributed by atoms with van der Waals surface area (Å²) in [6, 6.07) is 0. The van der Waals surface area contributed by atoms with Crippen molar-refractivity contribution in [1.82, 2.24) is 14.4 Å². The molecule has 0 bridgehead atoms. The number of anilines is 1. The van der Waals surface area contributed by atoms with Crippen LogP contribution in [0.1, 0.15) is 19.3 Å². The van der Waals surface area contributed by atoms with Gasteiger partial charge >= 0.3 is 0 Å². The molecule has 0 fully saturated rings. The van der Waals surface area contributed by atoms with Gasteiger partial charge in [0.25, 0.3) is 0 Å². The van der Waals surface area contributed by atoms with Crippen molar-refractivity contribution >= 4 is 39.2 Å². The van der Waals surface area contributed by atoms with Gasteiger partial charge in [-0.05, 0) is 40.8 Å². The molecule has 0 saturated carbocycles. The lowest BCUT2D eigenvalue weighted by molar-refractivity contribution is 0.748. The molecule has 0 aliphatic carbocycles. The van der Waals surface area contributed by atoms with E-state index in [9.17, 15) is 0 Å². The van der Waals surface area contributed by atoms with E-state index >= 15 is 0 Å². The molecule has 2 aromatic heterocycles. The highest BCUT2D eigenvalue weighted by Crippen LogP contribution is 2.16. The van der Waals surface area contributed by atoms with Gasteiger partial charge in [0, 0.05) is 25.1 Å². The van der Waals surface area contributed by atoms with Crippen LogP contribution in [0.15, 0.2) is 23.2 Å². The Morgan fingerprint density at radius 2 is 2.28 bits per heavy atom. The van der Waals surface area contributed by atoms with Crippen molar-refractivity contribution in [1.29, 1.82) is 0 Å². The van der Waals surface area contributed by atoms with Gasteiger partial charge in [-0.25, -0.2) is 9.97 Å². The number of thioether (sulfide) groups is 1. The molecule has 4 nitrogen and oxygen atoms in total. The second-order valence-corrected chi connectivity index (χ2v) is 5.85. The lowest BCUT2D eigenvalue weighted by atomic mass is 10.2. The molecular formula is C12H17BrN4S. The first-order chi connectivity index (χ1) is 8.81. The molecule has 1 N–H and O–H groups in total. The molecule has 0 amide bonds. The topological polar surface area (TPSA) is 42.2 Å². The quantitative estimate of drug-likeness (QED) is 0.790. The number of nitrogens with zero attached hydrogens (tertiary/aromatic N) is 3. The van der Waals surface area contributed by atoms with E-state index in [4.69, 9.17) is 0 Å². The molecule has 0 aliphatic heterocycles. The Morgan fingerprint density at radius 1 is 1.39 bits per heavy atom. The van der Waals surface area contributed by atoms with Crippen molar-refractivity contribution in [3.63, 3.8) is 0 Å². The number of fused-ring (bicyclic) bond motifs is 1. The largest absolute Gasteiger partial charge is 0.367 e. The fourth-order valence-electron chi connectivity index (χ4n) is 1.77. The van der Waals surface area contributed by atoms with E-state index in [0.29, 0.717) is 0 Å². The maximum absolute atomic E-state index is 4.43. The Balaban J connectivity index is 1.89. The smallest absolute Gasteiger partial charge is 0.180 e.